The molecule has 0 aliphatic carbocycles. The second kappa shape index (κ2) is 8.77. The number of aromatic nitrogens is 1. The van der Waals surface area contributed by atoms with E-state index in [0.29, 0.717) is 10.1 Å². The molecular weight excluding hydrogens is 438 g/mol. The molecule has 1 aliphatic rings. The van der Waals surface area contributed by atoms with Crippen molar-refractivity contribution in [2.24, 2.45) is 0 Å². The molecule has 0 spiro atoms. The number of anilines is 1. The molecule has 0 saturated carbocycles. The summed E-state index contributed by atoms with van der Waals surface area (Å²) in [6.07, 6.45) is 2.79. The highest BCUT2D eigenvalue weighted by Crippen LogP contribution is 2.43. The highest BCUT2D eigenvalue weighted by Gasteiger charge is 2.42. The molecule has 6 heteroatoms. The van der Waals surface area contributed by atoms with Gasteiger partial charge in [0, 0.05) is 22.5 Å². The Labute approximate surface area is 197 Å². The first-order chi connectivity index (χ1) is 15.6. The summed E-state index contributed by atoms with van der Waals surface area (Å²) in [7, 11) is 0. The predicted octanol–water partition coefficient (Wildman–Crippen LogP) is 6.73. The number of benzene rings is 2. The van der Waals surface area contributed by atoms with Gasteiger partial charge in [0.1, 0.15) is 17.6 Å². The summed E-state index contributed by atoms with van der Waals surface area (Å²) in [4.78, 5) is 6.72. The van der Waals surface area contributed by atoms with Crippen LogP contribution in [0.2, 0.25) is 5.02 Å². The average molecular weight is 460 g/mol. The fraction of sp³-hybridized carbons (Fsp3) is 0.154. The summed E-state index contributed by atoms with van der Waals surface area (Å²) in [5.74, 6) is 1.60. The van der Waals surface area contributed by atoms with Gasteiger partial charge in [0.15, 0.2) is 5.11 Å². The molecular formula is C26H22ClN3OS. The number of furan rings is 1. The van der Waals surface area contributed by atoms with E-state index in [2.05, 4.69) is 46.4 Å². The van der Waals surface area contributed by atoms with Gasteiger partial charge in [0.25, 0.3) is 0 Å². The smallest absolute Gasteiger partial charge is 0.174 e. The van der Waals surface area contributed by atoms with Gasteiger partial charge in [-0.2, -0.15) is 0 Å². The lowest BCUT2D eigenvalue weighted by atomic mass is 10.0. The second-order valence-corrected chi connectivity index (χ2v) is 8.55. The fourth-order valence-electron chi connectivity index (χ4n) is 4.10. The number of halogens is 1. The van der Waals surface area contributed by atoms with Crippen LogP contribution in [0.4, 0.5) is 5.69 Å². The molecule has 0 unspecified atom stereocenters. The maximum Gasteiger partial charge on any atom is 0.174 e. The minimum atomic E-state index is -0.175. The first-order valence-corrected chi connectivity index (χ1v) is 11.4. The van der Waals surface area contributed by atoms with Crippen LogP contribution >= 0.6 is 23.8 Å². The zero-order chi connectivity index (χ0) is 22.1. The van der Waals surface area contributed by atoms with Gasteiger partial charge in [0.05, 0.1) is 11.7 Å². The van der Waals surface area contributed by atoms with Crippen molar-refractivity contribution in [3.63, 3.8) is 0 Å². The highest BCUT2D eigenvalue weighted by molar-refractivity contribution is 7.80. The minimum absolute atomic E-state index is 0.140. The zero-order valence-electron chi connectivity index (χ0n) is 17.5. The number of nitrogens with one attached hydrogen (secondary N) is 1. The molecule has 4 aromatic rings. The van der Waals surface area contributed by atoms with E-state index < -0.39 is 0 Å². The Morgan fingerprint density at radius 1 is 1.00 bits per heavy atom. The van der Waals surface area contributed by atoms with Crippen LogP contribution in [0.15, 0.2) is 89.5 Å². The van der Waals surface area contributed by atoms with Crippen LogP contribution in [-0.4, -0.2) is 10.1 Å². The predicted molar refractivity (Wildman–Crippen MR) is 133 cm³/mol. The van der Waals surface area contributed by atoms with E-state index in [-0.39, 0.29) is 12.1 Å². The van der Waals surface area contributed by atoms with Crippen molar-refractivity contribution in [1.29, 1.82) is 0 Å². The van der Waals surface area contributed by atoms with Crippen molar-refractivity contribution < 1.29 is 4.42 Å². The molecule has 5 rings (SSSR count). The van der Waals surface area contributed by atoms with Crippen LogP contribution in [0.3, 0.4) is 0 Å². The number of hydrogen-bond donors (Lipinski definition) is 1. The number of thiocarbonyl (C=S) groups is 1. The highest BCUT2D eigenvalue weighted by atomic mass is 35.5. The van der Waals surface area contributed by atoms with Crippen molar-refractivity contribution in [3.05, 3.63) is 107 Å². The average Bonchev–Trinajstić information content (AvgIpc) is 3.45. The SMILES string of the molecule is CCc1ccc(N2C(=S)N[C@@H](c3ccccn3)[C@@H]2c2ccc(-c3ccc(Cl)cc3)o2)cc1. The first kappa shape index (κ1) is 20.7. The van der Waals surface area contributed by atoms with E-state index in [1.54, 1.807) is 6.20 Å². The van der Waals surface area contributed by atoms with Gasteiger partial charge in [-0.05, 0) is 84.9 Å². The lowest BCUT2D eigenvalue weighted by Crippen LogP contribution is -2.29. The van der Waals surface area contributed by atoms with Gasteiger partial charge < -0.3 is 14.6 Å². The molecule has 0 radical (unpaired) electrons. The summed E-state index contributed by atoms with van der Waals surface area (Å²) < 4.78 is 6.38. The molecule has 1 saturated heterocycles. The van der Waals surface area contributed by atoms with Crippen molar-refractivity contribution in [3.8, 4) is 11.3 Å². The Morgan fingerprint density at radius 3 is 2.47 bits per heavy atom. The first-order valence-electron chi connectivity index (χ1n) is 10.6. The van der Waals surface area contributed by atoms with E-state index in [1.165, 1.54) is 5.56 Å². The van der Waals surface area contributed by atoms with Gasteiger partial charge in [-0.25, -0.2) is 0 Å². The maximum absolute atomic E-state index is 6.38. The lowest BCUT2D eigenvalue weighted by Gasteiger charge is -2.26. The third-order valence-corrected chi connectivity index (χ3v) is 6.33. The maximum atomic E-state index is 6.38. The van der Waals surface area contributed by atoms with E-state index >= 15 is 0 Å². The summed E-state index contributed by atoms with van der Waals surface area (Å²) in [6, 6.07) is 25.8. The fourth-order valence-corrected chi connectivity index (χ4v) is 4.57. The zero-order valence-corrected chi connectivity index (χ0v) is 19.1. The monoisotopic (exact) mass is 459 g/mol. The van der Waals surface area contributed by atoms with Crippen LogP contribution in [0.5, 0.6) is 0 Å². The third-order valence-electron chi connectivity index (χ3n) is 5.77. The molecule has 1 N–H and O–H groups in total. The Bertz CT molecular complexity index is 1220. The molecule has 4 nitrogen and oxygen atoms in total. The summed E-state index contributed by atoms with van der Waals surface area (Å²) in [6.45, 7) is 2.15. The van der Waals surface area contributed by atoms with Crippen LogP contribution in [0, 0.1) is 0 Å². The number of hydrogen-bond acceptors (Lipinski definition) is 3. The van der Waals surface area contributed by atoms with Crippen LogP contribution < -0.4 is 10.2 Å². The second-order valence-electron chi connectivity index (χ2n) is 7.73. The summed E-state index contributed by atoms with van der Waals surface area (Å²) in [5.41, 5.74) is 4.19. The number of aryl methyl sites for hydroxylation is 1. The number of pyridine rings is 1. The van der Waals surface area contributed by atoms with Gasteiger partial charge in [-0.15, -0.1) is 0 Å². The molecule has 0 bridgehead atoms. The number of rotatable bonds is 5. The van der Waals surface area contributed by atoms with Crippen molar-refractivity contribution >= 4 is 34.6 Å². The minimum Gasteiger partial charge on any atom is -0.459 e. The number of nitrogens with zero attached hydrogens (tertiary/aromatic N) is 2. The van der Waals surface area contributed by atoms with Crippen molar-refractivity contribution in [2.45, 2.75) is 25.4 Å². The summed E-state index contributed by atoms with van der Waals surface area (Å²) in [5, 5.41) is 4.82. The van der Waals surface area contributed by atoms with Crippen molar-refractivity contribution in [2.75, 3.05) is 4.90 Å². The molecule has 2 aromatic carbocycles. The van der Waals surface area contributed by atoms with Gasteiger partial charge in [-0.3, -0.25) is 4.98 Å². The molecule has 0 amide bonds. The molecule has 160 valence electrons. The standard InChI is InChI=1S/C26H22ClN3OS/c1-2-17-6-12-20(13-7-17)30-25(24(29-26(30)32)21-5-3-4-16-28-21)23-15-14-22(31-23)18-8-10-19(27)11-9-18/h3-16,24-25H,2H2,1H3,(H,29,32)/t24-,25-/m0/s1. The third kappa shape index (κ3) is 3.90. The van der Waals surface area contributed by atoms with E-state index in [9.17, 15) is 0 Å². The van der Waals surface area contributed by atoms with Crippen LogP contribution in [0.1, 0.15) is 36.0 Å². The van der Waals surface area contributed by atoms with E-state index in [1.807, 2.05) is 54.6 Å². The molecule has 1 fully saturated rings. The molecule has 32 heavy (non-hydrogen) atoms. The Hall–Kier alpha value is -3.15. The van der Waals surface area contributed by atoms with E-state index in [0.717, 1.165) is 34.9 Å². The Kier molecular flexibility index (Phi) is 5.68. The molecule has 2 atom stereocenters. The molecule has 2 aromatic heterocycles. The van der Waals surface area contributed by atoms with Crippen molar-refractivity contribution in [1.82, 2.24) is 10.3 Å². The summed E-state index contributed by atoms with van der Waals surface area (Å²) >= 11 is 11.8. The lowest BCUT2D eigenvalue weighted by molar-refractivity contribution is 0.439. The quantitative estimate of drug-likeness (QED) is 0.335. The normalized spacial score (nSPS) is 18.1. The largest absolute Gasteiger partial charge is 0.459 e. The van der Waals surface area contributed by atoms with Gasteiger partial charge >= 0.3 is 0 Å². The van der Waals surface area contributed by atoms with Crippen LogP contribution in [-0.2, 0) is 6.42 Å². The molecule has 3 heterocycles. The topological polar surface area (TPSA) is 41.3 Å². The van der Waals surface area contributed by atoms with E-state index in [4.69, 9.17) is 28.2 Å². The Morgan fingerprint density at radius 2 is 1.78 bits per heavy atom. The van der Waals surface area contributed by atoms with Crippen LogP contribution in [0.25, 0.3) is 11.3 Å². The Balaban J connectivity index is 1.57. The van der Waals surface area contributed by atoms with Gasteiger partial charge in [-0.1, -0.05) is 36.7 Å². The molecule has 1 aliphatic heterocycles. The van der Waals surface area contributed by atoms with Gasteiger partial charge in [0.2, 0.25) is 0 Å².